The Labute approximate surface area is 179 Å². The Hall–Kier alpha value is -1.06. The molecule has 0 amide bonds. The second-order valence-corrected chi connectivity index (χ2v) is 6.69. The van der Waals surface area contributed by atoms with Crippen molar-refractivity contribution in [3.63, 3.8) is 0 Å². The average Bonchev–Trinajstić information content (AvgIpc) is 3.32. The van der Waals surface area contributed by atoms with Gasteiger partial charge in [-0.05, 0) is 43.4 Å². The number of guanidine groups is 1. The molecule has 1 saturated heterocycles. The number of halogens is 1. The zero-order valence-corrected chi connectivity index (χ0v) is 18.5. The van der Waals surface area contributed by atoms with Gasteiger partial charge < -0.3 is 24.8 Å². The zero-order valence-electron chi connectivity index (χ0n) is 16.2. The van der Waals surface area contributed by atoms with Crippen molar-refractivity contribution in [2.75, 3.05) is 46.1 Å². The van der Waals surface area contributed by atoms with Gasteiger partial charge in [0.1, 0.15) is 5.75 Å². The lowest BCUT2D eigenvalue weighted by molar-refractivity contribution is 0.0424. The van der Waals surface area contributed by atoms with E-state index < -0.39 is 0 Å². The number of rotatable bonds is 9. The van der Waals surface area contributed by atoms with Crippen LogP contribution in [0.1, 0.15) is 30.9 Å². The van der Waals surface area contributed by atoms with Crippen LogP contribution in [0.5, 0.6) is 5.75 Å². The Kier molecular flexibility index (Phi) is 10.2. The molecule has 1 aromatic carbocycles. The minimum Gasteiger partial charge on any atom is -0.493 e. The molecule has 3 rings (SSSR count). The van der Waals surface area contributed by atoms with E-state index in [2.05, 4.69) is 40.7 Å². The number of benzene rings is 1. The lowest BCUT2D eigenvalue weighted by Gasteiger charge is -2.12. The number of fused-ring (bicyclic) bond motifs is 1. The van der Waals surface area contributed by atoms with Gasteiger partial charge in [-0.25, -0.2) is 0 Å². The van der Waals surface area contributed by atoms with E-state index in [-0.39, 0.29) is 30.1 Å². The highest BCUT2D eigenvalue weighted by atomic mass is 127. The van der Waals surface area contributed by atoms with Crippen LogP contribution in [0.3, 0.4) is 0 Å². The molecule has 0 aromatic heterocycles. The van der Waals surface area contributed by atoms with E-state index >= 15 is 0 Å². The number of hydrogen-bond acceptors (Lipinski definition) is 4. The second-order valence-electron chi connectivity index (χ2n) is 6.69. The fraction of sp³-hybridized carbons (Fsp3) is 0.650. The number of ether oxygens (including phenoxy) is 3. The first kappa shape index (κ1) is 22.2. The molecule has 1 aromatic rings. The summed E-state index contributed by atoms with van der Waals surface area (Å²) in [6.45, 7) is 7.69. The molecule has 2 N–H and O–H groups in total. The number of hydrogen-bond donors (Lipinski definition) is 2. The van der Waals surface area contributed by atoms with Crippen LogP contribution in [0, 0.1) is 0 Å². The molecule has 2 aliphatic heterocycles. The van der Waals surface area contributed by atoms with Crippen LogP contribution in [0.15, 0.2) is 23.2 Å². The summed E-state index contributed by atoms with van der Waals surface area (Å²) < 4.78 is 16.6. The van der Waals surface area contributed by atoms with Crippen LogP contribution < -0.4 is 15.4 Å². The van der Waals surface area contributed by atoms with E-state index in [0.29, 0.717) is 0 Å². The number of nitrogens with one attached hydrogen (secondary N) is 2. The summed E-state index contributed by atoms with van der Waals surface area (Å²) in [6, 6.07) is 6.50. The van der Waals surface area contributed by atoms with Crippen LogP contribution in [-0.4, -0.2) is 58.1 Å². The SMILES string of the molecule is CCNC(=NCCCOC1CCOC1)NCCc1ccc2c(c1)CCO2.I. The van der Waals surface area contributed by atoms with Gasteiger partial charge in [0.25, 0.3) is 0 Å². The maximum Gasteiger partial charge on any atom is 0.191 e. The molecule has 1 unspecified atom stereocenters. The first-order chi connectivity index (χ1) is 12.8. The third-order valence-corrected chi connectivity index (χ3v) is 4.62. The van der Waals surface area contributed by atoms with Gasteiger partial charge in [0.05, 0.1) is 19.3 Å². The van der Waals surface area contributed by atoms with Crippen molar-refractivity contribution in [1.29, 1.82) is 0 Å². The normalized spacial score (nSPS) is 18.6. The van der Waals surface area contributed by atoms with Gasteiger partial charge in [-0.2, -0.15) is 0 Å². The smallest absolute Gasteiger partial charge is 0.191 e. The Bertz CT molecular complexity index is 592. The van der Waals surface area contributed by atoms with E-state index in [0.717, 1.165) is 83.5 Å². The summed E-state index contributed by atoms with van der Waals surface area (Å²) in [6.07, 6.45) is 4.22. The summed E-state index contributed by atoms with van der Waals surface area (Å²) >= 11 is 0. The molecule has 6 nitrogen and oxygen atoms in total. The van der Waals surface area contributed by atoms with Crippen molar-refractivity contribution in [3.8, 4) is 5.75 Å². The van der Waals surface area contributed by atoms with E-state index in [1.807, 2.05) is 0 Å². The summed E-state index contributed by atoms with van der Waals surface area (Å²) in [7, 11) is 0. The van der Waals surface area contributed by atoms with Gasteiger partial charge >= 0.3 is 0 Å². The molecule has 1 atom stereocenters. The molecule has 0 saturated carbocycles. The monoisotopic (exact) mass is 489 g/mol. The standard InChI is InChI=1S/C20H31N3O3.HI/c1-2-21-20(22-9-3-11-25-18-8-12-24-15-18)23-10-6-16-4-5-19-17(14-16)7-13-26-19;/h4-5,14,18H,2-3,6-13,15H2,1H3,(H2,21,22,23);1H. The molecule has 0 aliphatic carbocycles. The predicted octanol–water partition coefficient (Wildman–Crippen LogP) is 2.53. The van der Waals surface area contributed by atoms with Crippen LogP contribution in [0.25, 0.3) is 0 Å². The van der Waals surface area contributed by atoms with E-state index in [4.69, 9.17) is 14.2 Å². The van der Waals surface area contributed by atoms with Crippen LogP contribution in [0.4, 0.5) is 0 Å². The first-order valence-electron chi connectivity index (χ1n) is 9.81. The minimum atomic E-state index is 0. The first-order valence-corrected chi connectivity index (χ1v) is 9.81. The molecule has 2 aliphatic rings. The van der Waals surface area contributed by atoms with Gasteiger partial charge in [0.2, 0.25) is 0 Å². The van der Waals surface area contributed by atoms with Gasteiger partial charge in [-0.15, -0.1) is 24.0 Å². The Morgan fingerprint density at radius 3 is 3.04 bits per heavy atom. The van der Waals surface area contributed by atoms with Gasteiger partial charge in [0.15, 0.2) is 5.96 Å². The molecule has 0 radical (unpaired) electrons. The average molecular weight is 489 g/mol. The largest absolute Gasteiger partial charge is 0.493 e. The van der Waals surface area contributed by atoms with Crippen LogP contribution >= 0.6 is 24.0 Å². The minimum absolute atomic E-state index is 0. The topological polar surface area (TPSA) is 64.1 Å². The molecular weight excluding hydrogens is 457 g/mol. The maximum absolute atomic E-state index is 5.77. The highest BCUT2D eigenvalue weighted by Crippen LogP contribution is 2.25. The molecule has 7 heteroatoms. The van der Waals surface area contributed by atoms with Crippen molar-refractivity contribution < 1.29 is 14.2 Å². The van der Waals surface area contributed by atoms with Crippen molar-refractivity contribution in [3.05, 3.63) is 29.3 Å². The summed E-state index contributed by atoms with van der Waals surface area (Å²) in [5.41, 5.74) is 2.67. The lowest BCUT2D eigenvalue weighted by atomic mass is 10.1. The highest BCUT2D eigenvalue weighted by Gasteiger charge is 2.15. The third-order valence-electron chi connectivity index (χ3n) is 4.62. The van der Waals surface area contributed by atoms with E-state index in [1.54, 1.807) is 0 Å². The zero-order chi connectivity index (χ0) is 18.0. The number of nitrogens with zero attached hydrogens (tertiary/aromatic N) is 1. The Balaban J connectivity index is 0.00000261. The quantitative estimate of drug-likeness (QED) is 0.242. The van der Waals surface area contributed by atoms with Crippen molar-refractivity contribution in [1.82, 2.24) is 10.6 Å². The summed E-state index contributed by atoms with van der Waals surface area (Å²) in [4.78, 5) is 4.63. The fourth-order valence-corrected chi connectivity index (χ4v) is 3.21. The summed E-state index contributed by atoms with van der Waals surface area (Å²) in [5.74, 6) is 1.92. The highest BCUT2D eigenvalue weighted by molar-refractivity contribution is 14.0. The molecule has 0 bridgehead atoms. The van der Waals surface area contributed by atoms with Crippen LogP contribution in [-0.2, 0) is 22.3 Å². The van der Waals surface area contributed by atoms with Crippen molar-refractivity contribution in [2.45, 2.75) is 38.7 Å². The molecular formula is C20H32IN3O3. The molecule has 152 valence electrons. The van der Waals surface area contributed by atoms with E-state index in [9.17, 15) is 0 Å². The Morgan fingerprint density at radius 2 is 2.22 bits per heavy atom. The fourth-order valence-electron chi connectivity index (χ4n) is 3.21. The molecule has 27 heavy (non-hydrogen) atoms. The Morgan fingerprint density at radius 1 is 1.30 bits per heavy atom. The van der Waals surface area contributed by atoms with Crippen molar-refractivity contribution in [2.24, 2.45) is 4.99 Å². The number of aliphatic imine (C=N–C) groups is 1. The van der Waals surface area contributed by atoms with Gasteiger partial charge in [-0.1, -0.05) is 12.1 Å². The van der Waals surface area contributed by atoms with Gasteiger partial charge in [-0.3, -0.25) is 4.99 Å². The third kappa shape index (κ3) is 7.46. The lowest BCUT2D eigenvalue weighted by Crippen LogP contribution is -2.38. The van der Waals surface area contributed by atoms with Crippen LogP contribution in [0.2, 0.25) is 0 Å². The predicted molar refractivity (Wildman–Crippen MR) is 119 cm³/mol. The van der Waals surface area contributed by atoms with E-state index in [1.165, 1.54) is 11.1 Å². The molecule has 2 heterocycles. The maximum atomic E-state index is 5.77. The summed E-state index contributed by atoms with van der Waals surface area (Å²) in [5, 5.41) is 6.72. The molecule has 0 spiro atoms. The second kappa shape index (κ2) is 12.4. The molecule has 1 fully saturated rings. The van der Waals surface area contributed by atoms with Crippen molar-refractivity contribution >= 4 is 29.9 Å². The van der Waals surface area contributed by atoms with Gasteiger partial charge in [0, 0.05) is 39.3 Å².